The minimum Gasteiger partial charge on any atom is -0.504 e. The fourth-order valence-corrected chi connectivity index (χ4v) is 4.35. The summed E-state index contributed by atoms with van der Waals surface area (Å²) < 4.78 is 5.44. The van der Waals surface area contributed by atoms with Crippen LogP contribution in [0.2, 0.25) is 0 Å². The van der Waals surface area contributed by atoms with Gasteiger partial charge >= 0.3 is 0 Å². The molecule has 2 aromatic rings. The number of phenols is 1. The van der Waals surface area contributed by atoms with Gasteiger partial charge in [-0.15, -0.1) is 0 Å². The molecule has 0 amide bonds. The number of anilines is 1. The number of allylic oxidation sites excluding steroid dienone is 2. The van der Waals surface area contributed by atoms with Crippen LogP contribution in [0.5, 0.6) is 11.5 Å². The molecule has 1 aliphatic heterocycles. The number of methoxy groups -OCH3 is 1. The summed E-state index contributed by atoms with van der Waals surface area (Å²) in [4.78, 5) is 31.5. The summed E-state index contributed by atoms with van der Waals surface area (Å²) in [6, 6.07) is 4.87. The number of ketones is 1. The molecule has 28 heavy (non-hydrogen) atoms. The molecule has 2 heterocycles. The number of fused-ring (bicyclic) bond motifs is 1. The van der Waals surface area contributed by atoms with E-state index in [1.807, 2.05) is 13.8 Å². The van der Waals surface area contributed by atoms with Gasteiger partial charge in [-0.2, -0.15) is 0 Å². The summed E-state index contributed by atoms with van der Waals surface area (Å²) in [5.74, 6) is 0.189. The van der Waals surface area contributed by atoms with E-state index in [-0.39, 0.29) is 33.0 Å². The van der Waals surface area contributed by atoms with Crippen molar-refractivity contribution in [1.82, 2.24) is 9.97 Å². The Morgan fingerprint density at radius 1 is 1.21 bits per heavy atom. The van der Waals surface area contributed by atoms with E-state index in [2.05, 4.69) is 15.3 Å². The zero-order valence-electron chi connectivity index (χ0n) is 15.8. The maximum atomic E-state index is 13.1. The van der Waals surface area contributed by atoms with E-state index in [0.29, 0.717) is 35.4 Å². The summed E-state index contributed by atoms with van der Waals surface area (Å²) in [6.45, 7) is 4.09. The van der Waals surface area contributed by atoms with E-state index in [0.717, 1.165) is 5.70 Å². The number of carbonyl (C=O) groups excluding carboxylic acids is 1. The number of rotatable bonds is 2. The molecule has 1 unspecified atom stereocenters. The predicted molar refractivity (Wildman–Crippen MR) is 107 cm³/mol. The lowest BCUT2D eigenvalue weighted by molar-refractivity contribution is -0.118. The number of ether oxygens (including phenoxy) is 1. The second-order valence-electron chi connectivity index (χ2n) is 8.02. The summed E-state index contributed by atoms with van der Waals surface area (Å²) in [5.41, 5.74) is 1.92. The number of H-pyrrole nitrogens is 2. The summed E-state index contributed by atoms with van der Waals surface area (Å²) in [6.07, 6.45) is 1.07. The molecule has 1 atom stereocenters. The molecule has 0 saturated carbocycles. The van der Waals surface area contributed by atoms with Crippen molar-refractivity contribution in [3.05, 3.63) is 55.7 Å². The van der Waals surface area contributed by atoms with E-state index in [4.69, 9.17) is 17.0 Å². The van der Waals surface area contributed by atoms with Gasteiger partial charge in [-0.05, 0) is 41.7 Å². The van der Waals surface area contributed by atoms with Crippen LogP contribution in [0.1, 0.15) is 43.7 Å². The lowest BCUT2D eigenvalue weighted by Crippen LogP contribution is -2.36. The fourth-order valence-electron chi connectivity index (χ4n) is 4.15. The van der Waals surface area contributed by atoms with Crippen LogP contribution in [0.4, 0.5) is 5.82 Å². The molecule has 4 rings (SSSR count). The van der Waals surface area contributed by atoms with Crippen molar-refractivity contribution in [2.24, 2.45) is 5.41 Å². The molecule has 7 nitrogen and oxygen atoms in total. The van der Waals surface area contributed by atoms with Gasteiger partial charge in [0.05, 0.1) is 12.7 Å². The molecule has 2 aliphatic rings. The first kappa shape index (κ1) is 18.5. The number of phenolic OH excluding ortho intramolecular Hbond substituents is 1. The van der Waals surface area contributed by atoms with Crippen molar-refractivity contribution in [2.75, 3.05) is 12.4 Å². The van der Waals surface area contributed by atoms with Gasteiger partial charge in [-0.25, -0.2) is 0 Å². The van der Waals surface area contributed by atoms with Gasteiger partial charge < -0.3 is 20.1 Å². The van der Waals surface area contributed by atoms with Crippen LogP contribution in [0.3, 0.4) is 0 Å². The topological polar surface area (TPSA) is 107 Å². The Morgan fingerprint density at radius 2 is 1.96 bits per heavy atom. The SMILES string of the molecule is COc1cc(C2C3=C(CC(C)(C)CC3=O)Nc3[nH]c(=S)[nH]c(=O)c32)ccc1O. The first-order chi connectivity index (χ1) is 13.2. The molecule has 0 spiro atoms. The summed E-state index contributed by atoms with van der Waals surface area (Å²) >= 11 is 5.12. The highest BCUT2D eigenvalue weighted by atomic mass is 32.1. The number of nitrogens with one attached hydrogen (secondary N) is 3. The number of aromatic nitrogens is 2. The molecule has 0 saturated heterocycles. The molecule has 0 bridgehead atoms. The molecule has 1 aromatic carbocycles. The summed E-state index contributed by atoms with van der Waals surface area (Å²) in [5, 5.41) is 13.2. The number of aromatic amines is 2. The Balaban J connectivity index is 2.01. The van der Waals surface area contributed by atoms with Gasteiger partial charge in [0.2, 0.25) is 0 Å². The van der Waals surface area contributed by atoms with Crippen LogP contribution in [0.15, 0.2) is 34.3 Å². The van der Waals surface area contributed by atoms with Gasteiger partial charge in [0.15, 0.2) is 22.1 Å². The molecule has 0 fully saturated rings. The standard InChI is InChI=1S/C20H21N3O4S/c1-20(2)7-10-15(12(25)8-20)14(9-4-5-11(24)13(6-9)27-3)16-17(21-10)22-19(28)23-18(16)26/h4-6,14,24H,7-8H2,1-3H3,(H3,21,22,23,26,28). The maximum absolute atomic E-state index is 13.1. The third-order valence-corrected chi connectivity index (χ3v) is 5.49. The zero-order valence-corrected chi connectivity index (χ0v) is 16.6. The molecule has 0 radical (unpaired) electrons. The zero-order chi connectivity index (χ0) is 20.2. The number of aromatic hydroxyl groups is 1. The Kier molecular flexibility index (Phi) is 4.19. The average molecular weight is 399 g/mol. The number of carbonyl (C=O) groups is 1. The van der Waals surface area contributed by atoms with Crippen molar-refractivity contribution < 1.29 is 14.6 Å². The molecule has 1 aromatic heterocycles. The average Bonchev–Trinajstić information content (AvgIpc) is 2.59. The van der Waals surface area contributed by atoms with Gasteiger partial charge in [-0.3, -0.25) is 14.6 Å². The van der Waals surface area contributed by atoms with Crippen LogP contribution in [0, 0.1) is 10.2 Å². The Bertz CT molecular complexity index is 1140. The highest BCUT2D eigenvalue weighted by molar-refractivity contribution is 7.71. The Morgan fingerprint density at radius 3 is 2.68 bits per heavy atom. The molecule has 1 aliphatic carbocycles. The second kappa shape index (κ2) is 6.34. The van der Waals surface area contributed by atoms with Crippen LogP contribution in [0.25, 0.3) is 0 Å². The van der Waals surface area contributed by atoms with Crippen LogP contribution in [-0.2, 0) is 4.79 Å². The van der Waals surface area contributed by atoms with E-state index < -0.39 is 5.92 Å². The third kappa shape index (κ3) is 2.93. The maximum Gasteiger partial charge on any atom is 0.257 e. The highest BCUT2D eigenvalue weighted by Gasteiger charge is 2.42. The number of hydrogen-bond acceptors (Lipinski definition) is 6. The first-order valence-corrected chi connectivity index (χ1v) is 9.37. The fraction of sp³-hybridized carbons (Fsp3) is 0.350. The van der Waals surface area contributed by atoms with E-state index in [1.54, 1.807) is 12.1 Å². The van der Waals surface area contributed by atoms with Crippen LogP contribution >= 0.6 is 12.2 Å². The third-order valence-electron chi connectivity index (χ3n) is 5.29. The van der Waals surface area contributed by atoms with Crippen molar-refractivity contribution >= 4 is 23.8 Å². The van der Waals surface area contributed by atoms with Gasteiger partial charge in [-0.1, -0.05) is 19.9 Å². The highest BCUT2D eigenvalue weighted by Crippen LogP contribution is 2.48. The lowest BCUT2D eigenvalue weighted by atomic mass is 9.69. The molecule has 8 heteroatoms. The van der Waals surface area contributed by atoms with E-state index in [9.17, 15) is 14.7 Å². The summed E-state index contributed by atoms with van der Waals surface area (Å²) in [7, 11) is 1.46. The van der Waals surface area contributed by atoms with Crippen LogP contribution in [-0.4, -0.2) is 28.0 Å². The molecule has 146 valence electrons. The monoisotopic (exact) mass is 399 g/mol. The minimum absolute atomic E-state index is 0.00305. The van der Waals surface area contributed by atoms with E-state index in [1.165, 1.54) is 13.2 Å². The van der Waals surface area contributed by atoms with Gasteiger partial charge in [0, 0.05) is 23.6 Å². The largest absolute Gasteiger partial charge is 0.504 e. The Hall–Kier alpha value is -2.87. The quantitative estimate of drug-likeness (QED) is 0.577. The van der Waals surface area contributed by atoms with Crippen molar-refractivity contribution in [1.29, 1.82) is 0 Å². The van der Waals surface area contributed by atoms with Crippen molar-refractivity contribution in [2.45, 2.75) is 32.6 Å². The minimum atomic E-state index is -0.583. The van der Waals surface area contributed by atoms with Gasteiger partial charge in [0.25, 0.3) is 5.56 Å². The second-order valence-corrected chi connectivity index (χ2v) is 8.43. The first-order valence-electron chi connectivity index (χ1n) is 8.97. The molecular weight excluding hydrogens is 378 g/mol. The lowest BCUT2D eigenvalue weighted by Gasteiger charge is -2.38. The smallest absolute Gasteiger partial charge is 0.257 e. The molecule has 4 N–H and O–H groups in total. The normalized spacial score (nSPS) is 20.2. The van der Waals surface area contributed by atoms with Crippen molar-refractivity contribution in [3.63, 3.8) is 0 Å². The van der Waals surface area contributed by atoms with Crippen LogP contribution < -0.4 is 15.6 Å². The molecular formula is C20H21N3O4S. The van der Waals surface area contributed by atoms with Gasteiger partial charge in [0.1, 0.15) is 5.82 Å². The van der Waals surface area contributed by atoms with Crippen molar-refractivity contribution in [3.8, 4) is 11.5 Å². The number of Topliss-reactive ketones (excluding diaryl/α,β-unsaturated/α-hetero) is 1. The predicted octanol–water partition coefficient (Wildman–Crippen LogP) is 3.35. The number of hydrogen-bond donors (Lipinski definition) is 4. The van der Waals surface area contributed by atoms with E-state index >= 15 is 0 Å². The number of benzene rings is 1. The Labute approximate surface area is 166 Å².